The van der Waals surface area contributed by atoms with Crippen molar-refractivity contribution in [3.8, 4) is 6.07 Å². The van der Waals surface area contributed by atoms with Gasteiger partial charge in [-0.05, 0) is 19.2 Å². The Kier molecular flexibility index (Phi) is 4.48. The fourth-order valence-electron chi connectivity index (χ4n) is 2.06. The number of rotatable bonds is 5. The molecule has 4 nitrogen and oxygen atoms in total. The summed E-state index contributed by atoms with van der Waals surface area (Å²) in [6.45, 7) is 2.17. The molecular weight excluding hydrogens is 270 g/mol. The second-order valence-electron chi connectivity index (χ2n) is 4.96. The second kappa shape index (κ2) is 6.12. The number of aliphatic hydroxyl groups is 1. The molecule has 104 valence electrons. The first-order chi connectivity index (χ1) is 9.57. The van der Waals surface area contributed by atoms with E-state index in [0.29, 0.717) is 17.9 Å². The maximum Gasteiger partial charge on any atom is 0.103 e. The zero-order valence-corrected chi connectivity index (χ0v) is 12.4. The van der Waals surface area contributed by atoms with E-state index in [2.05, 4.69) is 16.4 Å². The molecule has 1 unspecified atom stereocenters. The zero-order chi connectivity index (χ0) is 14.6. The summed E-state index contributed by atoms with van der Waals surface area (Å²) in [6.07, 6.45) is 3.52. The van der Waals surface area contributed by atoms with Crippen LogP contribution in [-0.4, -0.2) is 34.2 Å². The molecule has 2 N–H and O–H groups in total. The predicted octanol–water partition coefficient (Wildman–Crippen LogP) is 2.63. The Morgan fingerprint density at radius 3 is 2.90 bits per heavy atom. The van der Waals surface area contributed by atoms with Crippen molar-refractivity contribution in [2.45, 2.75) is 12.5 Å². The van der Waals surface area contributed by atoms with Crippen molar-refractivity contribution in [2.75, 3.05) is 23.9 Å². The first kappa shape index (κ1) is 14.6. The van der Waals surface area contributed by atoms with Gasteiger partial charge in [0, 0.05) is 23.9 Å². The van der Waals surface area contributed by atoms with E-state index < -0.39 is 5.60 Å². The molecule has 1 atom stereocenters. The van der Waals surface area contributed by atoms with E-state index in [-0.39, 0.29) is 0 Å². The highest BCUT2D eigenvalue weighted by Gasteiger charge is 2.20. The van der Waals surface area contributed by atoms with Gasteiger partial charge in [0.1, 0.15) is 6.07 Å². The van der Waals surface area contributed by atoms with Crippen molar-refractivity contribution >= 4 is 28.4 Å². The van der Waals surface area contributed by atoms with Crippen LogP contribution in [0.1, 0.15) is 12.5 Å². The van der Waals surface area contributed by atoms with Crippen LogP contribution in [0.3, 0.4) is 0 Å². The molecule has 0 bridgehead atoms. The first-order valence-corrected chi connectivity index (χ1v) is 7.70. The van der Waals surface area contributed by atoms with Gasteiger partial charge in [0.25, 0.3) is 0 Å². The van der Waals surface area contributed by atoms with Crippen molar-refractivity contribution in [3.05, 3.63) is 36.0 Å². The van der Waals surface area contributed by atoms with E-state index in [0.717, 1.165) is 16.6 Å². The summed E-state index contributed by atoms with van der Waals surface area (Å²) in [5.74, 6) is 0.630. The Morgan fingerprint density at radius 2 is 2.20 bits per heavy atom. The highest BCUT2D eigenvalue weighted by atomic mass is 32.2. The third-order valence-electron chi connectivity index (χ3n) is 3.00. The van der Waals surface area contributed by atoms with Crippen molar-refractivity contribution in [3.63, 3.8) is 0 Å². The summed E-state index contributed by atoms with van der Waals surface area (Å²) in [5.41, 5.74) is 1.23. The third-order valence-corrected chi connectivity index (χ3v) is 3.91. The van der Waals surface area contributed by atoms with Gasteiger partial charge in [-0.25, -0.2) is 0 Å². The van der Waals surface area contributed by atoms with E-state index in [1.807, 2.05) is 30.5 Å². The molecule has 20 heavy (non-hydrogen) atoms. The molecule has 0 saturated heterocycles. The van der Waals surface area contributed by atoms with Gasteiger partial charge in [-0.1, -0.05) is 18.2 Å². The number of nitrogens with zero attached hydrogens (tertiary/aromatic N) is 2. The van der Waals surface area contributed by atoms with Crippen LogP contribution in [0.4, 0.5) is 5.69 Å². The molecule has 0 aliphatic carbocycles. The number of hydrogen-bond donors (Lipinski definition) is 2. The lowest BCUT2D eigenvalue weighted by atomic mass is 10.1. The number of nitriles is 1. The average molecular weight is 287 g/mol. The molecule has 0 saturated carbocycles. The monoisotopic (exact) mass is 287 g/mol. The molecule has 0 radical (unpaired) electrons. The van der Waals surface area contributed by atoms with Crippen LogP contribution in [0.25, 0.3) is 10.9 Å². The quantitative estimate of drug-likeness (QED) is 0.884. The summed E-state index contributed by atoms with van der Waals surface area (Å²) in [6, 6.07) is 9.80. The molecule has 0 fully saturated rings. The normalized spacial score (nSPS) is 13.7. The molecule has 1 aromatic carbocycles. The summed E-state index contributed by atoms with van der Waals surface area (Å²) in [7, 11) is 0. The molecular formula is C15H17N3OS. The van der Waals surface area contributed by atoms with Gasteiger partial charge in [-0.2, -0.15) is 17.0 Å². The van der Waals surface area contributed by atoms with Gasteiger partial charge in [0.2, 0.25) is 0 Å². The summed E-state index contributed by atoms with van der Waals surface area (Å²) in [4.78, 5) is 4.26. The van der Waals surface area contributed by atoms with Crippen molar-refractivity contribution < 1.29 is 5.11 Å². The number of benzene rings is 1. The fourth-order valence-corrected chi connectivity index (χ4v) is 2.78. The van der Waals surface area contributed by atoms with Gasteiger partial charge < -0.3 is 10.4 Å². The molecule has 0 amide bonds. The average Bonchev–Trinajstić information content (AvgIpc) is 2.44. The largest absolute Gasteiger partial charge is 0.387 e. The van der Waals surface area contributed by atoms with Crippen LogP contribution in [0.15, 0.2) is 30.5 Å². The summed E-state index contributed by atoms with van der Waals surface area (Å²) >= 11 is 1.59. The Hall–Kier alpha value is -1.77. The molecule has 0 aliphatic heterocycles. The molecule has 0 spiro atoms. The number of para-hydroxylation sites is 1. The van der Waals surface area contributed by atoms with E-state index in [9.17, 15) is 10.4 Å². The molecule has 1 aromatic heterocycles. The van der Waals surface area contributed by atoms with Gasteiger partial charge in [-0.3, -0.25) is 4.98 Å². The lowest BCUT2D eigenvalue weighted by Crippen LogP contribution is -2.36. The zero-order valence-electron chi connectivity index (χ0n) is 11.6. The number of fused-ring (bicyclic) bond motifs is 1. The van der Waals surface area contributed by atoms with Gasteiger partial charge >= 0.3 is 0 Å². The van der Waals surface area contributed by atoms with Crippen LogP contribution < -0.4 is 5.32 Å². The minimum absolute atomic E-state index is 0.385. The standard InChI is InChI=1S/C15H17N3OS/c1-15(19,10-20-2)9-18-14-11(7-16)8-17-13-6-4-3-5-12(13)14/h3-6,8,19H,9-10H2,1-2H3,(H,17,18). The molecule has 1 heterocycles. The lowest BCUT2D eigenvalue weighted by Gasteiger charge is -2.24. The van der Waals surface area contributed by atoms with Gasteiger partial charge in [0.05, 0.1) is 22.4 Å². The summed E-state index contributed by atoms with van der Waals surface area (Å²) in [5, 5.41) is 23.5. The SMILES string of the molecule is CSCC(C)(O)CNc1c(C#N)cnc2ccccc12. The van der Waals surface area contributed by atoms with Crippen LogP contribution in [-0.2, 0) is 0 Å². The highest BCUT2D eigenvalue weighted by Crippen LogP contribution is 2.26. The lowest BCUT2D eigenvalue weighted by molar-refractivity contribution is 0.0997. The van der Waals surface area contributed by atoms with Crippen LogP contribution in [0.5, 0.6) is 0 Å². The number of pyridine rings is 1. The van der Waals surface area contributed by atoms with E-state index in [4.69, 9.17) is 0 Å². The van der Waals surface area contributed by atoms with E-state index >= 15 is 0 Å². The molecule has 2 aromatic rings. The fraction of sp³-hybridized carbons (Fsp3) is 0.333. The predicted molar refractivity (Wildman–Crippen MR) is 84.0 cm³/mol. The molecule has 5 heteroatoms. The highest BCUT2D eigenvalue weighted by molar-refractivity contribution is 7.98. The van der Waals surface area contributed by atoms with E-state index in [1.54, 1.807) is 24.9 Å². The Morgan fingerprint density at radius 1 is 1.45 bits per heavy atom. The smallest absolute Gasteiger partial charge is 0.103 e. The van der Waals surface area contributed by atoms with Crippen LogP contribution in [0, 0.1) is 11.3 Å². The van der Waals surface area contributed by atoms with Gasteiger partial charge in [0.15, 0.2) is 0 Å². The third kappa shape index (κ3) is 3.21. The summed E-state index contributed by atoms with van der Waals surface area (Å²) < 4.78 is 0. The molecule has 2 rings (SSSR count). The Balaban J connectivity index is 2.35. The van der Waals surface area contributed by atoms with Crippen molar-refractivity contribution in [1.82, 2.24) is 4.98 Å². The van der Waals surface area contributed by atoms with Crippen LogP contribution in [0.2, 0.25) is 0 Å². The maximum atomic E-state index is 10.2. The second-order valence-corrected chi connectivity index (χ2v) is 5.83. The number of nitrogens with one attached hydrogen (secondary N) is 1. The van der Waals surface area contributed by atoms with Crippen molar-refractivity contribution in [2.24, 2.45) is 0 Å². The maximum absolute atomic E-state index is 10.2. The minimum atomic E-state index is -0.823. The van der Waals surface area contributed by atoms with Crippen LogP contribution >= 0.6 is 11.8 Å². The Bertz CT molecular complexity index is 649. The van der Waals surface area contributed by atoms with E-state index in [1.165, 1.54) is 0 Å². The number of thioether (sulfide) groups is 1. The number of anilines is 1. The van der Waals surface area contributed by atoms with Gasteiger partial charge in [-0.15, -0.1) is 0 Å². The number of hydrogen-bond acceptors (Lipinski definition) is 5. The first-order valence-electron chi connectivity index (χ1n) is 6.30. The molecule has 0 aliphatic rings. The number of aromatic nitrogens is 1. The topological polar surface area (TPSA) is 68.9 Å². The van der Waals surface area contributed by atoms with Crippen molar-refractivity contribution in [1.29, 1.82) is 5.26 Å². The minimum Gasteiger partial charge on any atom is -0.387 e. The Labute approximate surface area is 122 Å².